The van der Waals surface area contributed by atoms with Crippen molar-refractivity contribution in [3.8, 4) is 0 Å². The van der Waals surface area contributed by atoms with Crippen molar-refractivity contribution >= 4 is 21.7 Å². The maximum absolute atomic E-state index is 12.7. The lowest BCUT2D eigenvalue weighted by Crippen LogP contribution is -2.18. The van der Waals surface area contributed by atoms with Crippen molar-refractivity contribution in [1.82, 2.24) is 10.2 Å². The molecule has 2 aromatic rings. The Morgan fingerprint density at radius 3 is 2.64 bits per heavy atom. The first-order chi connectivity index (χ1) is 11.8. The summed E-state index contributed by atoms with van der Waals surface area (Å²) < 4.78 is 32.9. The first kappa shape index (κ1) is 19.0. The zero-order chi connectivity index (χ0) is 18.6. The van der Waals surface area contributed by atoms with E-state index < -0.39 is 16.0 Å². The third-order valence-corrected chi connectivity index (χ3v) is 5.01. The van der Waals surface area contributed by atoms with Gasteiger partial charge in [-0.15, -0.1) is 0 Å². The predicted octanol–water partition coefficient (Wildman–Crippen LogP) is 3.07. The number of rotatable bonds is 7. The van der Waals surface area contributed by atoms with Crippen LogP contribution < -0.4 is 4.72 Å². The van der Waals surface area contributed by atoms with E-state index in [0.29, 0.717) is 17.8 Å². The molecule has 0 aliphatic rings. The average Bonchev–Trinajstić information content (AvgIpc) is 3.00. The van der Waals surface area contributed by atoms with Crippen LogP contribution in [-0.2, 0) is 21.2 Å². The molecule has 0 saturated carbocycles. The molecule has 0 amide bonds. The summed E-state index contributed by atoms with van der Waals surface area (Å²) in [5.74, 6) is -0.443. The first-order valence-corrected chi connectivity index (χ1v) is 9.65. The fourth-order valence-electron chi connectivity index (χ4n) is 2.39. The molecule has 0 aliphatic carbocycles. The number of nitrogens with zero attached hydrogens (tertiary/aromatic N) is 1. The Morgan fingerprint density at radius 1 is 1.32 bits per heavy atom. The van der Waals surface area contributed by atoms with E-state index in [0.717, 1.165) is 5.56 Å². The second kappa shape index (κ2) is 7.69. The summed E-state index contributed by atoms with van der Waals surface area (Å²) in [6.45, 7) is 7.65. The van der Waals surface area contributed by atoms with Crippen LogP contribution in [0.3, 0.4) is 0 Å². The minimum atomic E-state index is -4.03. The van der Waals surface area contributed by atoms with Crippen LogP contribution in [0, 0.1) is 0 Å². The average molecular weight is 365 g/mol. The SMILES string of the molecule is CCOC(=O)c1c(S(=O)(=O)Nc2cccc(C(C)C)c2)n[nH]c1CC. The lowest BCUT2D eigenvalue weighted by molar-refractivity contribution is 0.0520. The van der Waals surface area contributed by atoms with Crippen LogP contribution in [0.4, 0.5) is 5.69 Å². The van der Waals surface area contributed by atoms with E-state index in [1.54, 1.807) is 32.0 Å². The van der Waals surface area contributed by atoms with Gasteiger partial charge in [0.1, 0.15) is 5.56 Å². The number of nitrogens with one attached hydrogen (secondary N) is 2. The van der Waals surface area contributed by atoms with Crippen LogP contribution in [0.2, 0.25) is 0 Å². The summed E-state index contributed by atoms with van der Waals surface area (Å²) in [7, 11) is -4.03. The summed E-state index contributed by atoms with van der Waals surface area (Å²) in [5.41, 5.74) is 1.80. The number of carbonyl (C=O) groups excluding carboxylic acids is 1. The highest BCUT2D eigenvalue weighted by atomic mass is 32.2. The Labute approximate surface area is 147 Å². The number of aryl methyl sites for hydroxylation is 1. The molecule has 0 fully saturated rings. The number of hydrogen-bond donors (Lipinski definition) is 2. The topological polar surface area (TPSA) is 101 Å². The zero-order valence-corrected chi connectivity index (χ0v) is 15.6. The Kier molecular flexibility index (Phi) is 5.84. The van der Waals surface area contributed by atoms with Gasteiger partial charge in [-0.25, -0.2) is 4.79 Å². The molecule has 2 N–H and O–H groups in total. The van der Waals surface area contributed by atoms with Crippen LogP contribution in [0.1, 0.15) is 55.2 Å². The fourth-order valence-corrected chi connectivity index (χ4v) is 3.56. The van der Waals surface area contributed by atoms with Gasteiger partial charge in [0, 0.05) is 5.69 Å². The van der Waals surface area contributed by atoms with Gasteiger partial charge in [-0.1, -0.05) is 32.9 Å². The molecule has 0 bridgehead atoms. The predicted molar refractivity (Wildman–Crippen MR) is 95.3 cm³/mol. The summed E-state index contributed by atoms with van der Waals surface area (Å²) in [6.07, 6.45) is 0.430. The van der Waals surface area contributed by atoms with Gasteiger partial charge in [0.15, 0.2) is 0 Å². The number of H-pyrrole nitrogens is 1. The lowest BCUT2D eigenvalue weighted by atomic mass is 10.0. The van der Waals surface area contributed by atoms with Gasteiger partial charge < -0.3 is 4.74 Å². The maximum Gasteiger partial charge on any atom is 0.343 e. The highest BCUT2D eigenvalue weighted by Gasteiger charge is 2.30. The van der Waals surface area contributed by atoms with Crippen LogP contribution in [0.25, 0.3) is 0 Å². The standard InChI is InChI=1S/C17H23N3O4S/c1-5-14-15(17(21)24-6-2)16(19-18-14)25(22,23)20-13-9-7-8-12(10-13)11(3)4/h7-11,20H,5-6H2,1-4H3,(H,18,19). The minimum Gasteiger partial charge on any atom is -0.462 e. The molecule has 25 heavy (non-hydrogen) atoms. The highest BCUT2D eigenvalue weighted by Crippen LogP contribution is 2.24. The largest absolute Gasteiger partial charge is 0.462 e. The molecule has 7 nitrogen and oxygen atoms in total. The van der Waals surface area contributed by atoms with E-state index in [4.69, 9.17) is 4.74 Å². The van der Waals surface area contributed by atoms with Gasteiger partial charge in [-0.3, -0.25) is 9.82 Å². The minimum absolute atomic E-state index is 0.0446. The Bertz CT molecular complexity index is 857. The number of benzene rings is 1. The number of aromatic nitrogens is 2. The molecular formula is C17H23N3O4S. The van der Waals surface area contributed by atoms with Crippen LogP contribution in [0.5, 0.6) is 0 Å². The Hall–Kier alpha value is -2.35. The van der Waals surface area contributed by atoms with Crippen molar-refractivity contribution in [2.24, 2.45) is 0 Å². The molecule has 0 spiro atoms. The van der Waals surface area contributed by atoms with E-state index >= 15 is 0 Å². The van der Waals surface area contributed by atoms with Crippen LogP contribution in [-0.4, -0.2) is 31.2 Å². The molecule has 1 aromatic carbocycles. The first-order valence-electron chi connectivity index (χ1n) is 8.17. The number of aromatic amines is 1. The molecule has 1 heterocycles. The zero-order valence-electron chi connectivity index (χ0n) is 14.8. The summed E-state index contributed by atoms with van der Waals surface area (Å²) in [4.78, 5) is 12.2. The number of sulfonamides is 1. The van der Waals surface area contributed by atoms with Gasteiger partial charge in [0.05, 0.1) is 12.3 Å². The lowest BCUT2D eigenvalue weighted by Gasteiger charge is -2.11. The number of anilines is 1. The number of hydrogen-bond acceptors (Lipinski definition) is 5. The van der Waals surface area contributed by atoms with Crippen LogP contribution in [0.15, 0.2) is 29.3 Å². The van der Waals surface area contributed by atoms with Crippen molar-refractivity contribution in [2.45, 2.75) is 45.1 Å². The van der Waals surface area contributed by atoms with Crippen molar-refractivity contribution in [3.05, 3.63) is 41.1 Å². The smallest absolute Gasteiger partial charge is 0.343 e. The molecule has 0 radical (unpaired) electrons. The highest BCUT2D eigenvalue weighted by molar-refractivity contribution is 7.92. The molecule has 0 unspecified atom stereocenters. The van der Waals surface area contributed by atoms with Crippen LogP contribution >= 0.6 is 0 Å². The third-order valence-electron chi connectivity index (χ3n) is 3.70. The second-order valence-corrected chi connectivity index (χ2v) is 7.44. The van der Waals surface area contributed by atoms with Crippen molar-refractivity contribution in [1.29, 1.82) is 0 Å². The van der Waals surface area contributed by atoms with Gasteiger partial charge in [0.2, 0.25) is 5.03 Å². The van der Waals surface area contributed by atoms with Gasteiger partial charge in [-0.2, -0.15) is 13.5 Å². The van der Waals surface area contributed by atoms with Gasteiger partial charge in [0.25, 0.3) is 10.0 Å². The van der Waals surface area contributed by atoms with Crippen molar-refractivity contribution in [3.63, 3.8) is 0 Å². The van der Waals surface area contributed by atoms with E-state index in [9.17, 15) is 13.2 Å². The van der Waals surface area contributed by atoms with Gasteiger partial charge in [-0.05, 0) is 37.0 Å². The summed E-state index contributed by atoms with van der Waals surface area (Å²) in [5, 5.41) is 6.10. The molecule has 0 saturated heterocycles. The summed E-state index contributed by atoms with van der Waals surface area (Å²) >= 11 is 0. The Morgan fingerprint density at radius 2 is 2.04 bits per heavy atom. The normalized spacial score (nSPS) is 11.6. The van der Waals surface area contributed by atoms with E-state index in [1.807, 2.05) is 19.9 Å². The molecule has 1 aromatic heterocycles. The number of carbonyl (C=O) groups is 1. The molecule has 2 rings (SSSR count). The van der Waals surface area contributed by atoms with E-state index in [1.165, 1.54) is 0 Å². The fraction of sp³-hybridized carbons (Fsp3) is 0.412. The third kappa shape index (κ3) is 4.19. The quantitative estimate of drug-likeness (QED) is 0.734. The molecule has 0 atom stereocenters. The molecule has 8 heteroatoms. The molecular weight excluding hydrogens is 342 g/mol. The van der Waals surface area contributed by atoms with E-state index in [-0.39, 0.29) is 23.1 Å². The summed E-state index contributed by atoms with van der Waals surface area (Å²) in [6, 6.07) is 7.12. The maximum atomic E-state index is 12.7. The molecule has 136 valence electrons. The van der Waals surface area contributed by atoms with Gasteiger partial charge >= 0.3 is 5.97 Å². The van der Waals surface area contributed by atoms with Crippen molar-refractivity contribution < 1.29 is 17.9 Å². The number of esters is 1. The molecule has 0 aliphatic heterocycles. The monoisotopic (exact) mass is 365 g/mol. The van der Waals surface area contributed by atoms with E-state index in [2.05, 4.69) is 14.9 Å². The number of ether oxygens (including phenoxy) is 1. The van der Waals surface area contributed by atoms with Crippen molar-refractivity contribution in [2.75, 3.05) is 11.3 Å². The Balaban J connectivity index is 2.42. The second-order valence-electron chi connectivity index (χ2n) is 5.84.